The minimum Gasteiger partial charge on any atom is -0.387 e. The average molecular weight is 337 g/mol. The van der Waals surface area contributed by atoms with Crippen molar-refractivity contribution in [3.63, 3.8) is 0 Å². The number of carbonyl (C=O) groups excluding carboxylic acids is 1. The first kappa shape index (κ1) is 16.7. The molecule has 1 unspecified atom stereocenters. The standard InChI is InChI=1S/C14H13ClN4O4/c15-11-4-2-1-3-9(11)12(20)7-18-14-10(13(16)21)5-8(6-17-14)19(22)23/h1-6,12,20H,7H2,(H2,16,21)(H,17,18). The summed E-state index contributed by atoms with van der Waals surface area (Å²) in [5.74, 6) is -0.815. The fraction of sp³-hybridized carbons (Fsp3) is 0.143. The van der Waals surface area contributed by atoms with Gasteiger partial charge in [0.15, 0.2) is 0 Å². The maximum atomic E-state index is 11.4. The van der Waals surface area contributed by atoms with E-state index in [9.17, 15) is 20.0 Å². The number of amides is 1. The average Bonchev–Trinajstić information content (AvgIpc) is 2.52. The Morgan fingerprint density at radius 1 is 1.48 bits per heavy atom. The number of hydrogen-bond acceptors (Lipinski definition) is 6. The molecule has 0 radical (unpaired) electrons. The lowest BCUT2D eigenvalue weighted by Gasteiger charge is -2.15. The van der Waals surface area contributed by atoms with E-state index < -0.39 is 16.9 Å². The number of nitrogens with two attached hydrogens (primary N) is 1. The van der Waals surface area contributed by atoms with Crippen LogP contribution in [0.1, 0.15) is 22.0 Å². The van der Waals surface area contributed by atoms with Crippen molar-refractivity contribution in [2.24, 2.45) is 5.73 Å². The Kier molecular flexibility index (Phi) is 5.09. The molecule has 0 aliphatic carbocycles. The molecule has 0 saturated carbocycles. The molecule has 0 saturated heterocycles. The SMILES string of the molecule is NC(=O)c1cc([N+](=O)[O-])cnc1NCC(O)c1ccccc1Cl. The molecule has 4 N–H and O–H groups in total. The highest BCUT2D eigenvalue weighted by atomic mass is 35.5. The molecule has 2 rings (SSSR count). The summed E-state index contributed by atoms with van der Waals surface area (Å²) in [5.41, 5.74) is 5.22. The van der Waals surface area contributed by atoms with Crippen LogP contribution in [-0.2, 0) is 0 Å². The fourth-order valence-electron chi connectivity index (χ4n) is 1.93. The van der Waals surface area contributed by atoms with Crippen LogP contribution >= 0.6 is 11.6 Å². The number of aliphatic hydroxyl groups is 1. The molecule has 1 aromatic carbocycles. The second-order valence-electron chi connectivity index (χ2n) is 4.63. The molecule has 1 heterocycles. The topological polar surface area (TPSA) is 131 Å². The molecule has 9 heteroatoms. The third kappa shape index (κ3) is 3.93. The zero-order valence-electron chi connectivity index (χ0n) is 11.8. The second kappa shape index (κ2) is 7.03. The number of carbonyl (C=O) groups is 1. The summed E-state index contributed by atoms with van der Waals surface area (Å²) in [6.45, 7) is -0.00513. The molecule has 8 nitrogen and oxygen atoms in total. The first-order chi connectivity index (χ1) is 10.9. The molecule has 0 aliphatic heterocycles. The molecular weight excluding hydrogens is 324 g/mol. The molecule has 23 heavy (non-hydrogen) atoms. The summed E-state index contributed by atoms with van der Waals surface area (Å²) in [4.78, 5) is 25.2. The van der Waals surface area contributed by atoms with Crippen molar-refractivity contribution in [1.29, 1.82) is 0 Å². The van der Waals surface area contributed by atoms with Gasteiger partial charge < -0.3 is 16.2 Å². The first-order valence-corrected chi connectivity index (χ1v) is 6.88. The monoisotopic (exact) mass is 336 g/mol. The quantitative estimate of drug-likeness (QED) is 0.545. The third-order valence-electron chi connectivity index (χ3n) is 3.08. The molecule has 120 valence electrons. The van der Waals surface area contributed by atoms with Crippen LogP contribution in [-0.4, -0.2) is 27.5 Å². The number of nitrogens with one attached hydrogen (secondary N) is 1. The smallest absolute Gasteiger partial charge is 0.288 e. The highest BCUT2D eigenvalue weighted by Crippen LogP contribution is 2.24. The van der Waals surface area contributed by atoms with Gasteiger partial charge in [-0.2, -0.15) is 0 Å². The van der Waals surface area contributed by atoms with Gasteiger partial charge in [-0.3, -0.25) is 14.9 Å². The van der Waals surface area contributed by atoms with E-state index in [0.717, 1.165) is 12.3 Å². The number of aliphatic hydroxyl groups excluding tert-OH is 1. The van der Waals surface area contributed by atoms with Gasteiger partial charge in [0.25, 0.3) is 11.6 Å². The van der Waals surface area contributed by atoms with Gasteiger partial charge in [0.2, 0.25) is 0 Å². The molecule has 0 fully saturated rings. The Bertz CT molecular complexity index is 753. The van der Waals surface area contributed by atoms with E-state index in [1.54, 1.807) is 24.3 Å². The van der Waals surface area contributed by atoms with Crippen molar-refractivity contribution in [2.45, 2.75) is 6.10 Å². The summed E-state index contributed by atoms with van der Waals surface area (Å²) >= 11 is 5.99. The van der Waals surface area contributed by atoms with Crippen molar-refractivity contribution in [3.05, 3.63) is 62.8 Å². The van der Waals surface area contributed by atoms with Gasteiger partial charge in [0.05, 0.1) is 16.6 Å². The van der Waals surface area contributed by atoms with Gasteiger partial charge in [-0.1, -0.05) is 29.8 Å². The van der Waals surface area contributed by atoms with E-state index in [-0.39, 0.29) is 23.6 Å². The number of rotatable bonds is 6. The molecule has 2 aromatic rings. The Hall–Kier alpha value is -2.71. The minimum absolute atomic E-state index is 0.00513. The number of hydrogen-bond donors (Lipinski definition) is 3. The molecule has 1 aromatic heterocycles. The number of pyridine rings is 1. The van der Waals surface area contributed by atoms with E-state index in [1.807, 2.05) is 0 Å². The lowest BCUT2D eigenvalue weighted by Crippen LogP contribution is -2.19. The predicted molar refractivity (Wildman–Crippen MR) is 84.3 cm³/mol. The molecule has 0 bridgehead atoms. The molecule has 0 aliphatic rings. The Labute approximate surface area is 136 Å². The molecule has 1 atom stereocenters. The molecular formula is C14H13ClN4O4. The van der Waals surface area contributed by atoms with Gasteiger partial charge in [-0.25, -0.2) is 4.98 Å². The maximum absolute atomic E-state index is 11.4. The Balaban J connectivity index is 2.18. The lowest BCUT2D eigenvalue weighted by atomic mass is 10.1. The van der Waals surface area contributed by atoms with Gasteiger partial charge in [0, 0.05) is 23.2 Å². The second-order valence-corrected chi connectivity index (χ2v) is 5.04. The van der Waals surface area contributed by atoms with Crippen LogP contribution in [0.15, 0.2) is 36.5 Å². The van der Waals surface area contributed by atoms with Crippen LogP contribution in [0.25, 0.3) is 0 Å². The number of aromatic nitrogens is 1. The number of benzene rings is 1. The van der Waals surface area contributed by atoms with Crippen molar-refractivity contribution >= 4 is 29.0 Å². The van der Waals surface area contributed by atoms with Crippen LogP contribution in [0.2, 0.25) is 5.02 Å². The zero-order chi connectivity index (χ0) is 17.0. The van der Waals surface area contributed by atoms with Gasteiger partial charge in [0.1, 0.15) is 12.0 Å². The predicted octanol–water partition coefficient (Wildman–Crippen LogP) is 1.89. The number of nitro groups is 1. The zero-order valence-corrected chi connectivity index (χ0v) is 12.5. The number of nitrogens with zero attached hydrogens (tertiary/aromatic N) is 2. The van der Waals surface area contributed by atoms with Crippen LogP contribution in [0, 0.1) is 10.1 Å². The summed E-state index contributed by atoms with van der Waals surface area (Å²) in [6, 6.07) is 7.78. The van der Waals surface area contributed by atoms with Crippen molar-refractivity contribution in [1.82, 2.24) is 4.98 Å². The van der Waals surface area contributed by atoms with Crippen molar-refractivity contribution < 1.29 is 14.8 Å². The normalized spacial score (nSPS) is 11.7. The Morgan fingerprint density at radius 2 is 2.17 bits per heavy atom. The summed E-state index contributed by atoms with van der Waals surface area (Å²) in [7, 11) is 0. The lowest BCUT2D eigenvalue weighted by molar-refractivity contribution is -0.385. The number of anilines is 1. The van der Waals surface area contributed by atoms with Crippen LogP contribution in [0.5, 0.6) is 0 Å². The summed E-state index contributed by atoms with van der Waals surface area (Å²) in [6.07, 6.45) is 0.0397. The maximum Gasteiger partial charge on any atom is 0.288 e. The summed E-state index contributed by atoms with van der Waals surface area (Å²) < 4.78 is 0. The number of halogens is 1. The molecule has 0 spiro atoms. The van der Waals surface area contributed by atoms with Gasteiger partial charge in [-0.05, 0) is 6.07 Å². The van der Waals surface area contributed by atoms with Crippen molar-refractivity contribution in [3.8, 4) is 0 Å². The van der Waals surface area contributed by atoms with Crippen LogP contribution in [0.3, 0.4) is 0 Å². The highest BCUT2D eigenvalue weighted by Gasteiger charge is 2.18. The van der Waals surface area contributed by atoms with E-state index in [2.05, 4.69) is 10.3 Å². The van der Waals surface area contributed by atoms with Gasteiger partial charge >= 0.3 is 0 Å². The third-order valence-corrected chi connectivity index (χ3v) is 3.42. The van der Waals surface area contributed by atoms with E-state index in [4.69, 9.17) is 17.3 Å². The van der Waals surface area contributed by atoms with Crippen LogP contribution in [0.4, 0.5) is 11.5 Å². The first-order valence-electron chi connectivity index (χ1n) is 6.50. The van der Waals surface area contributed by atoms with Gasteiger partial charge in [-0.15, -0.1) is 0 Å². The minimum atomic E-state index is -0.957. The summed E-state index contributed by atoms with van der Waals surface area (Å²) in [5, 5.41) is 24.0. The number of primary amides is 1. The van der Waals surface area contributed by atoms with E-state index in [0.29, 0.717) is 10.6 Å². The Morgan fingerprint density at radius 3 is 2.78 bits per heavy atom. The highest BCUT2D eigenvalue weighted by molar-refractivity contribution is 6.31. The molecule has 1 amide bonds. The largest absolute Gasteiger partial charge is 0.387 e. The van der Waals surface area contributed by atoms with Crippen molar-refractivity contribution in [2.75, 3.05) is 11.9 Å². The fourth-order valence-corrected chi connectivity index (χ4v) is 2.19. The van der Waals surface area contributed by atoms with Crippen LogP contribution < -0.4 is 11.1 Å². The van der Waals surface area contributed by atoms with E-state index in [1.165, 1.54) is 0 Å². The van der Waals surface area contributed by atoms with E-state index >= 15 is 0 Å².